The van der Waals surface area contributed by atoms with Gasteiger partial charge in [0, 0.05) is 0 Å². The largest absolute Gasteiger partial charge is 0.374 e. The van der Waals surface area contributed by atoms with E-state index in [0.717, 1.165) is 25.7 Å². The lowest BCUT2D eigenvalue weighted by Crippen LogP contribution is -2.33. The van der Waals surface area contributed by atoms with Gasteiger partial charge in [0.2, 0.25) is 0 Å². The normalized spacial score (nSPS) is 13.5. The van der Waals surface area contributed by atoms with Gasteiger partial charge in [-0.3, -0.25) is 9.68 Å². The molecule has 0 aromatic rings. The summed E-state index contributed by atoms with van der Waals surface area (Å²) in [5.41, 5.74) is 0. The van der Waals surface area contributed by atoms with E-state index in [1.54, 1.807) is 6.92 Å². The highest BCUT2D eigenvalue weighted by molar-refractivity contribution is 4.34. The highest BCUT2D eigenvalue weighted by Gasteiger charge is 2.11. The first-order valence-corrected chi connectivity index (χ1v) is 5.45. The monoisotopic (exact) mass is 205 g/mol. The van der Waals surface area contributed by atoms with Gasteiger partial charge in [-0.2, -0.15) is 0 Å². The molecular formula is C10H23NO3. The third-order valence-electron chi connectivity index (χ3n) is 1.74. The zero-order valence-corrected chi connectivity index (χ0v) is 9.53. The molecule has 1 unspecified atom stereocenters. The van der Waals surface area contributed by atoms with Crippen LogP contribution in [-0.4, -0.2) is 29.8 Å². The second kappa shape index (κ2) is 9.40. The molecule has 0 aliphatic rings. The summed E-state index contributed by atoms with van der Waals surface area (Å²) >= 11 is 0. The fraction of sp³-hybridized carbons (Fsp3) is 1.00. The van der Waals surface area contributed by atoms with Crippen LogP contribution in [-0.2, 0) is 9.68 Å². The van der Waals surface area contributed by atoms with Gasteiger partial charge in [0.1, 0.15) is 0 Å². The van der Waals surface area contributed by atoms with Crippen molar-refractivity contribution in [3.8, 4) is 0 Å². The number of nitrogens with zero attached hydrogens (tertiary/aromatic N) is 1. The minimum absolute atomic E-state index is 0.591. The Labute approximate surface area is 86.7 Å². The highest BCUT2D eigenvalue weighted by Crippen LogP contribution is 2.02. The van der Waals surface area contributed by atoms with Gasteiger partial charge in [-0.15, -0.1) is 0 Å². The molecule has 0 fully saturated rings. The Morgan fingerprint density at radius 1 is 1.07 bits per heavy atom. The Kier molecular flexibility index (Phi) is 9.29. The van der Waals surface area contributed by atoms with Gasteiger partial charge in [-0.1, -0.05) is 26.7 Å². The Bertz CT molecular complexity index is 110. The first-order valence-electron chi connectivity index (χ1n) is 5.45. The number of hydrogen-bond acceptors (Lipinski definition) is 4. The standard InChI is InChI=1S/C10H23NO3/c1-4-6-8-13-11(10(3)12)14-9-7-5-2/h10,12H,4-9H2,1-3H3. The summed E-state index contributed by atoms with van der Waals surface area (Å²) in [5.74, 6) is 0. The molecule has 0 spiro atoms. The van der Waals surface area contributed by atoms with Gasteiger partial charge in [-0.05, 0) is 25.0 Å². The average molecular weight is 205 g/mol. The predicted octanol–water partition coefficient (Wildman–Crippen LogP) is 2.09. The molecule has 0 amide bonds. The number of rotatable bonds is 9. The first kappa shape index (κ1) is 13.8. The van der Waals surface area contributed by atoms with Crippen molar-refractivity contribution in [2.75, 3.05) is 13.2 Å². The van der Waals surface area contributed by atoms with E-state index in [2.05, 4.69) is 13.8 Å². The van der Waals surface area contributed by atoms with Crippen LogP contribution in [0, 0.1) is 0 Å². The van der Waals surface area contributed by atoms with Crippen LogP contribution in [0.15, 0.2) is 0 Å². The second-order valence-corrected chi connectivity index (χ2v) is 3.29. The molecule has 0 radical (unpaired) electrons. The minimum atomic E-state index is -0.719. The molecule has 86 valence electrons. The van der Waals surface area contributed by atoms with Crippen molar-refractivity contribution >= 4 is 0 Å². The van der Waals surface area contributed by atoms with Crippen molar-refractivity contribution in [3.05, 3.63) is 0 Å². The molecule has 0 aromatic heterocycles. The molecule has 0 aliphatic carbocycles. The highest BCUT2D eigenvalue weighted by atomic mass is 17.0. The Hall–Kier alpha value is -0.160. The van der Waals surface area contributed by atoms with E-state index in [4.69, 9.17) is 9.68 Å². The predicted molar refractivity (Wildman–Crippen MR) is 55.2 cm³/mol. The molecule has 0 aliphatic heterocycles. The summed E-state index contributed by atoms with van der Waals surface area (Å²) in [5, 5.41) is 10.5. The van der Waals surface area contributed by atoms with Crippen LogP contribution in [0.3, 0.4) is 0 Å². The van der Waals surface area contributed by atoms with Crippen molar-refractivity contribution < 1.29 is 14.8 Å². The topological polar surface area (TPSA) is 41.9 Å². The van der Waals surface area contributed by atoms with Crippen LogP contribution in [0.5, 0.6) is 0 Å². The van der Waals surface area contributed by atoms with Crippen molar-refractivity contribution in [3.63, 3.8) is 0 Å². The van der Waals surface area contributed by atoms with Crippen LogP contribution in [0.25, 0.3) is 0 Å². The lowest BCUT2D eigenvalue weighted by molar-refractivity contribution is -0.415. The lowest BCUT2D eigenvalue weighted by atomic mass is 10.4. The van der Waals surface area contributed by atoms with Crippen LogP contribution in [0.2, 0.25) is 0 Å². The van der Waals surface area contributed by atoms with Gasteiger partial charge in [-0.25, -0.2) is 0 Å². The number of aliphatic hydroxyl groups excluding tert-OH is 1. The maximum absolute atomic E-state index is 9.29. The van der Waals surface area contributed by atoms with E-state index >= 15 is 0 Å². The van der Waals surface area contributed by atoms with Crippen LogP contribution in [0.4, 0.5) is 0 Å². The maximum Gasteiger partial charge on any atom is 0.154 e. The second-order valence-electron chi connectivity index (χ2n) is 3.29. The van der Waals surface area contributed by atoms with Gasteiger partial charge in [0.05, 0.1) is 13.2 Å². The summed E-state index contributed by atoms with van der Waals surface area (Å²) in [6.45, 7) is 6.99. The van der Waals surface area contributed by atoms with Crippen molar-refractivity contribution in [1.82, 2.24) is 5.23 Å². The fourth-order valence-corrected chi connectivity index (χ4v) is 0.851. The fourth-order valence-electron chi connectivity index (χ4n) is 0.851. The van der Waals surface area contributed by atoms with E-state index < -0.39 is 6.23 Å². The summed E-state index contributed by atoms with van der Waals surface area (Å²) in [6.07, 6.45) is 3.37. The van der Waals surface area contributed by atoms with Crippen LogP contribution < -0.4 is 0 Å². The molecular weight excluding hydrogens is 182 g/mol. The third kappa shape index (κ3) is 7.26. The Morgan fingerprint density at radius 2 is 1.50 bits per heavy atom. The van der Waals surface area contributed by atoms with Gasteiger partial charge in [0.25, 0.3) is 0 Å². The molecule has 0 heterocycles. The SMILES string of the molecule is CCCCON(OCCCC)C(C)O. The van der Waals surface area contributed by atoms with E-state index in [1.807, 2.05) is 0 Å². The van der Waals surface area contributed by atoms with Gasteiger partial charge >= 0.3 is 0 Å². The van der Waals surface area contributed by atoms with E-state index in [-0.39, 0.29) is 0 Å². The number of hydroxylamine groups is 2. The van der Waals surface area contributed by atoms with Crippen molar-refractivity contribution in [1.29, 1.82) is 0 Å². The molecule has 4 nitrogen and oxygen atoms in total. The molecule has 4 heteroatoms. The Balaban J connectivity index is 3.55. The van der Waals surface area contributed by atoms with Crippen molar-refractivity contribution in [2.24, 2.45) is 0 Å². The Morgan fingerprint density at radius 3 is 1.79 bits per heavy atom. The molecule has 14 heavy (non-hydrogen) atoms. The molecule has 1 N–H and O–H groups in total. The summed E-state index contributed by atoms with van der Waals surface area (Å²) in [6, 6.07) is 0. The average Bonchev–Trinajstić information content (AvgIpc) is 2.15. The third-order valence-corrected chi connectivity index (χ3v) is 1.74. The summed E-state index contributed by atoms with van der Waals surface area (Å²) in [7, 11) is 0. The van der Waals surface area contributed by atoms with Gasteiger partial charge < -0.3 is 5.11 Å². The molecule has 0 saturated heterocycles. The molecule has 0 saturated carbocycles. The minimum Gasteiger partial charge on any atom is -0.374 e. The number of hydrogen-bond donors (Lipinski definition) is 1. The lowest BCUT2D eigenvalue weighted by Gasteiger charge is -2.23. The zero-order chi connectivity index (χ0) is 10.8. The summed E-state index contributed by atoms with van der Waals surface area (Å²) in [4.78, 5) is 10.5. The quantitative estimate of drug-likeness (QED) is 0.355. The number of unbranched alkanes of at least 4 members (excludes halogenated alkanes) is 2. The molecule has 0 bridgehead atoms. The smallest absolute Gasteiger partial charge is 0.154 e. The van der Waals surface area contributed by atoms with Crippen molar-refractivity contribution in [2.45, 2.75) is 52.7 Å². The first-order chi connectivity index (χ1) is 6.72. The molecule has 0 aromatic carbocycles. The van der Waals surface area contributed by atoms with Crippen LogP contribution >= 0.6 is 0 Å². The molecule has 0 rings (SSSR count). The van der Waals surface area contributed by atoms with Gasteiger partial charge in [0.15, 0.2) is 6.23 Å². The zero-order valence-electron chi connectivity index (χ0n) is 9.53. The molecule has 1 atom stereocenters. The maximum atomic E-state index is 9.29. The summed E-state index contributed by atoms with van der Waals surface area (Å²) < 4.78 is 0. The van der Waals surface area contributed by atoms with E-state index in [9.17, 15) is 5.11 Å². The van der Waals surface area contributed by atoms with E-state index in [0.29, 0.717) is 13.2 Å². The van der Waals surface area contributed by atoms with E-state index in [1.165, 1.54) is 5.23 Å². The van der Waals surface area contributed by atoms with Crippen LogP contribution in [0.1, 0.15) is 46.5 Å². The number of aliphatic hydroxyl groups is 1.